The molecule has 0 amide bonds. The fourth-order valence-electron chi connectivity index (χ4n) is 2.52. The molecular formula is C17H19Cl2NO. The van der Waals surface area contributed by atoms with Gasteiger partial charge in [-0.15, -0.1) is 0 Å². The van der Waals surface area contributed by atoms with Crippen molar-refractivity contribution < 1.29 is 4.74 Å². The largest absolute Gasteiger partial charge is 0.496 e. The molecule has 0 bridgehead atoms. The van der Waals surface area contributed by atoms with Crippen molar-refractivity contribution in [3.8, 4) is 5.75 Å². The van der Waals surface area contributed by atoms with Crippen molar-refractivity contribution in [2.24, 2.45) is 0 Å². The van der Waals surface area contributed by atoms with Gasteiger partial charge in [0.05, 0.1) is 13.2 Å². The molecule has 2 rings (SSSR count). The molecule has 21 heavy (non-hydrogen) atoms. The Hall–Kier alpha value is -1.22. The molecule has 0 saturated carbocycles. The molecule has 0 saturated heterocycles. The molecule has 0 aliphatic rings. The zero-order valence-corrected chi connectivity index (χ0v) is 14.1. The second-order valence-electron chi connectivity index (χ2n) is 5.02. The van der Waals surface area contributed by atoms with Gasteiger partial charge in [0.1, 0.15) is 5.75 Å². The zero-order chi connectivity index (χ0) is 15.6. The maximum Gasteiger partial charge on any atom is 0.127 e. The maximum atomic E-state index is 6.35. The Morgan fingerprint density at radius 1 is 1.05 bits per heavy atom. The van der Waals surface area contributed by atoms with Crippen LogP contribution in [0.4, 0.5) is 0 Å². The van der Waals surface area contributed by atoms with E-state index >= 15 is 0 Å². The van der Waals surface area contributed by atoms with Gasteiger partial charge in [-0.05, 0) is 55.8 Å². The molecule has 0 spiro atoms. The Bertz CT molecular complexity index is 655. The highest BCUT2D eigenvalue weighted by molar-refractivity contribution is 6.33. The van der Waals surface area contributed by atoms with E-state index in [1.807, 2.05) is 19.2 Å². The average molecular weight is 324 g/mol. The van der Waals surface area contributed by atoms with Crippen LogP contribution in [0.1, 0.15) is 28.3 Å². The van der Waals surface area contributed by atoms with Crippen LogP contribution >= 0.6 is 23.2 Å². The molecule has 0 aromatic heterocycles. The highest BCUT2D eigenvalue weighted by Gasteiger charge is 2.21. The number of methoxy groups -OCH3 is 1. The second kappa shape index (κ2) is 6.69. The van der Waals surface area contributed by atoms with Gasteiger partial charge < -0.3 is 10.1 Å². The zero-order valence-electron chi connectivity index (χ0n) is 12.6. The van der Waals surface area contributed by atoms with Gasteiger partial charge in [-0.25, -0.2) is 0 Å². The summed E-state index contributed by atoms with van der Waals surface area (Å²) in [4.78, 5) is 0. The molecule has 0 fully saturated rings. The summed E-state index contributed by atoms with van der Waals surface area (Å²) >= 11 is 12.5. The summed E-state index contributed by atoms with van der Waals surface area (Å²) in [7, 11) is 3.59. The molecule has 112 valence electrons. The monoisotopic (exact) mass is 323 g/mol. The topological polar surface area (TPSA) is 21.3 Å². The number of benzene rings is 2. The fourth-order valence-corrected chi connectivity index (χ4v) is 2.93. The Morgan fingerprint density at radius 3 is 2.38 bits per heavy atom. The van der Waals surface area contributed by atoms with Crippen molar-refractivity contribution >= 4 is 23.2 Å². The van der Waals surface area contributed by atoms with E-state index in [9.17, 15) is 0 Å². The van der Waals surface area contributed by atoms with Crippen LogP contribution in [0, 0.1) is 13.8 Å². The summed E-state index contributed by atoms with van der Waals surface area (Å²) in [6.45, 7) is 4.13. The smallest absolute Gasteiger partial charge is 0.127 e. The molecule has 0 radical (unpaired) electrons. The standard InChI is InChI=1S/C17H19Cl2NO/c1-10-5-7-13(17(21-4)11(10)2)16(20-3)14-9-12(18)6-8-15(14)19/h5-9,16,20H,1-4H3. The minimum atomic E-state index is -0.0783. The van der Waals surface area contributed by atoms with Crippen LogP contribution < -0.4 is 10.1 Å². The molecule has 0 aliphatic heterocycles. The molecule has 1 atom stereocenters. The van der Waals surface area contributed by atoms with Gasteiger partial charge in [0.25, 0.3) is 0 Å². The Labute approximate surface area is 136 Å². The molecule has 1 N–H and O–H groups in total. The van der Waals surface area contributed by atoms with Crippen LogP contribution in [0.2, 0.25) is 10.0 Å². The molecule has 0 heterocycles. The first-order valence-corrected chi connectivity index (χ1v) is 7.51. The number of rotatable bonds is 4. The van der Waals surface area contributed by atoms with E-state index in [1.165, 1.54) is 5.56 Å². The van der Waals surface area contributed by atoms with Crippen LogP contribution in [0.25, 0.3) is 0 Å². The van der Waals surface area contributed by atoms with E-state index < -0.39 is 0 Å². The SMILES string of the molecule is CNC(c1cc(Cl)ccc1Cl)c1ccc(C)c(C)c1OC. The van der Waals surface area contributed by atoms with Gasteiger partial charge in [-0.1, -0.05) is 35.3 Å². The third kappa shape index (κ3) is 3.18. The summed E-state index contributed by atoms with van der Waals surface area (Å²) in [5.41, 5.74) is 4.32. The van der Waals surface area contributed by atoms with Crippen molar-refractivity contribution in [3.63, 3.8) is 0 Å². The number of ether oxygens (including phenoxy) is 1. The molecule has 1 unspecified atom stereocenters. The number of aryl methyl sites for hydroxylation is 1. The lowest BCUT2D eigenvalue weighted by Gasteiger charge is -2.23. The van der Waals surface area contributed by atoms with E-state index in [0.717, 1.165) is 22.4 Å². The third-order valence-corrected chi connectivity index (χ3v) is 4.36. The molecule has 2 nitrogen and oxygen atoms in total. The molecule has 2 aromatic carbocycles. The summed E-state index contributed by atoms with van der Waals surface area (Å²) in [6, 6.07) is 9.58. The molecule has 4 heteroatoms. The number of halogens is 2. The van der Waals surface area contributed by atoms with E-state index in [4.69, 9.17) is 27.9 Å². The van der Waals surface area contributed by atoms with Gasteiger partial charge in [-0.2, -0.15) is 0 Å². The number of nitrogens with one attached hydrogen (secondary N) is 1. The normalized spacial score (nSPS) is 12.3. The molecular weight excluding hydrogens is 305 g/mol. The van der Waals surface area contributed by atoms with Crippen LogP contribution in [0.3, 0.4) is 0 Å². The summed E-state index contributed by atoms with van der Waals surface area (Å²) < 4.78 is 5.62. The summed E-state index contributed by atoms with van der Waals surface area (Å²) in [5.74, 6) is 0.880. The van der Waals surface area contributed by atoms with Crippen LogP contribution in [0.15, 0.2) is 30.3 Å². The van der Waals surface area contributed by atoms with Crippen molar-refractivity contribution in [2.75, 3.05) is 14.2 Å². The lowest BCUT2D eigenvalue weighted by Crippen LogP contribution is -2.19. The van der Waals surface area contributed by atoms with Crippen LogP contribution in [-0.4, -0.2) is 14.2 Å². The number of hydrogen-bond acceptors (Lipinski definition) is 2. The first-order chi connectivity index (χ1) is 9.99. The summed E-state index contributed by atoms with van der Waals surface area (Å²) in [6.07, 6.45) is 0. The van der Waals surface area contributed by atoms with E-state index in [0.29, 0.717) is 10.0 Å². The quantitative estimate of drug-likeness (QED) is 0.861. The molecule has 0 aliphatic carbocycles. The van der Waals surface area contributed by atoms with Gasteiger partial charge in [0, 0.05) is 15.6 Å². The highest BCUT2D eigenvalue weighted by atomic mass is 35.5. The minimum absolute atomic E-state index is 0.0783. The lowest BCUT2D eigenvalue weighted by molar-refractivity contribution is 0.402. The van der Waals surface area contributed by atoms with Crippen molar-refractivity contribution in [3.05, 3.63) is 62.6 Å². The minimum Gasteiger partial charge on any atom is -0.496 e. The summed E-state index contributed by atoms with van der Waals surface area (Å²) in [5, 5.41) is 4.64. The van der Waals surface area contributed by atoms with Gasteiger partial charge in [-0.3, -0.25) is 0 Å². The number of hydrogen-bond donors (Lipinski definition) is 1. The van der Waals surface area contributed by atoms with Gasteiger partial charge >= 0.3 is 0 Å². The highest BCUT2D eigenvalue weighted by Crippen LogP contribution is 2.37. The van der Waals surface area contributed by atoms with Gasteiger partial charge in [0.15, 0.2) is 0 Å². The van der Waals surface area contributed by atoms with Crippen molar-refractivity contribution in [2.45, 2.75) is 19.9 Å². The van der Waals surface area contributed by atoms with Gasteiger partial charge in [0.2, 0.25) is 0 Å². The molecule has 2 aromatic rings. The predicted octanol–water partition coefficient (Wildman–Crippen LogP) is 4.93. The Balaban J connectivity index is 2.62. The Morgan fingerprint density at radius 2 is 1.76 bits per heavy atom. The third-order valence-electron chi connectivity index (χ3n) is 3.78. The van der Waals surface area contributed by atoms with E-state index in [1.54, 1.807) is 13.2 Å². The van der Waals surface area contributed by atoms with Crippen molar-refractivity contribution in [1.82, 2.24) is 5.32 Å². The fraction of sp³-hybridized carbons (Fsp3) is 0.294. The van der Waals surface area contributed by atoms with Crippen LogP contribution in [0.5, 0.6) is 5.75 Å². The lowest BCUT2D eigenvalue weighted by atomic mass is 9.94. The maximum absolute atomic E-state index is 6.35. The van der Waals surface area contributed by atoms with E-state index in [2.05, 4.69) is 31.3 Å². The van der Waals surface area contributed by atoms with Crippen molar-refractivity contribution in [1.29, 1.82) is 0 Å². The average Bonchev–Trinajstić information content (AvgIpc) is 2.47. The first kappa shape index (κ1) is 16.2. The Kier molecular flexibility index (Phi) is 5.15. The second-order valence-corrected chi connectivity index (χ2v) is 5.86. The first-order valence-electron chi connectivity index (χ1n) is 6.76. The van der Waals surface area contributed by atoms with Crippen LogP contribution in [-0.2, 0) is 0 Å². The predicted molar refractivity (Wildman–Crippen MR) is 89.8 cm³/mol. The van der Waals surface area contributed by atoms with E-state index in [-0.39, 0.29) is 6.04 Å².